The molecule has 3 N–H and O–H groups in total. The third kappa shape index (κ3) is 3.30. The molecule has 112 valence electrons. The summed E-state index contributed by atoms with van der Waals surface area (Å²) in [4.78, 5) is 1.16. The van der Waals surface area contributed by atoms with Gasteiger partial charge < -0.3 is 4.74 Å². The van der Waals surface area contributed by atoms with Crippen LogP contribution in [0, 0.1) is 0 Å². The van der Waals surface area contributed by atoms with E-state index < -0.39 is 0 Å². The number of rotatable bonds is 4. The van der Waals surface area contributed by atoms with Crippen molar-refractivity contribution in [1.29, 1.82) is 0 Å². The van der Waals surface area contributed by atoms with Gasteiger partial charge in [-0.1, -0.05) is 11.6 Å². The molecule has 2 heterocycles. The summed E-state index contributed by atoms with van der Waals surface area (Å²) in [6.45, 7) is 0.722. The first kappa shape index (κ1) is 15.8. The van der Waals surface area contributed by atoms with E-state index in [1.165, 1.54) is 5.56 Å². The smallest absolute Gasteiger partial charge is 0.125 e. The normalized spacial score (nSPS) is 14.9. The third-order valence-electron chi connectivity index (χ3n) is 3.46. The largest absolute Gasteiger partial charge is 0.493 e. The summed E-state index contributed by atoms with van der Waals surface area (Å²) >= 11 is 14.9. The molecule has 1 unspecified atom stereocenters. The Morgan fingerprint density at radius 3 is 2.86 bits per heavy atom. The van der Waals surface area contributed by atoms with Crippen LogP contribution in [0.25, 0.3) is 0 Å². The van der Waals surface area contributed by atoms with Crippen LogP contribution in [0.3, 0.4) is 0 Å². The van der Waals surface area contributed by atoms with Crippen LogP contribution in [0.5, 0.6) is 5.75 Å². The van der Waals surface area contributed by atoms with E-state index in [1.807, 2.05) is 12.1 Å². The standard InChI is InChI=1S/C14H13Br2ClN2OS/c15-10-6-12(21-14(10)16)11(19-18)5-8-4-9(17)3-7-1-2-20-13(7)8/h3-4,6,11,19H,1-2,5,18H2. The van der Waals surface area contributed by atoms with E-state index in [2.05, 4.69) is 43.4 Å². The van der Waals surface area contributed by atoms with Crippen LogP contribution < -0.4 is 16.0 Å². The second-order valence-corrected chi connectivity index (χ2v) is 8.54. The molecule has 0 amide bonds. The van der Waals surface area contributed by atoms with Gasteiger partial charge in [-0.2, -0.15) is 0 Å². The third-order valence-corrected chi connectivity index (χ3v) is 7.05. The van der Waals surface area contributed by atoms with Gasteiger partial charge in [-0.15, -0.1) is 11.3 Å². The number of hydrogen-bond acceptors (Lipinski definition) is 4. The van der Waals surface area contributed by atoms with Crippen LogP contribution in [0.1, 0.15) is 22.0 Å². The van der Waals surface area contributed by atoms with Crippen molar-refractivity contribution in [2.24, 2.45) is 5.84 Å². The predicted molar refractivity (Wildman–Crippen MR) is 94.1 cm³/mol. The van der Waals surface area contributed by atoms with Gasteiger partial charge in [-0.05, 0) is 67.6 Å². The number of hydrazine groups is 1. The van der Waals surface area contributed by atoms with Crippen molar-refractivity contribution in [3.8, 4) is 5.75 Å². The number of nitrogens with one attached hydrogen (secondary N) is 1. The number of thiophene rings is 1. The zero-order valence-corrected chi connectivity index (χ0v) is 15.7. The number of ether oxygens (including phenoxy) is 1. The van der Waals surface area contributed by atoms with Crippen molar-refractivity contribution < 1.29 is 4.74 Å². The van der Waals surface area contributed by atoms with E-state index in [0.29, 0.717) is 0 Å². The Labute approximate surface area is 149 Å². The first-order chi connectivity index (χ1) is 10.1. The molecule has 2 aromatic rings. The Balaban J connectivity index is 1.91. The molecule has 0 radical (unpaired) electrons. The van der Waals surface area contributed by atoms with Crippen molar-refractivity contribution in [2.75, 3.05) is 6.61 Å². The van der Waals surface area contributed by atoms with Gasteiger partial charge in [0, 0.05) is 20.8 Å². The summed E-state index contributed by atoms with van der Waals surface area (Å²) in [5.41, 5.74) is 5.17. The van der Waals surface area contributed by atoms with E-state index in [-0.39, 0.29) is 6.04 Å². The minimum atomic E-state index is 0.0179. The maximum absolute atomic E-state index is 6.21. The summed E-state index contributed by atoms with van der Waals surface area (Å²) in [7, 11) is 0. The van der Waals surface area contributed by atoms with Gasteiger partial charge in [0.2, 0.25) is 0 Å². The van der Waals surface area contributed by atoms with Gasteiger partial charge >= 0.3 is 0 Å². The van der Waals surface area contributed by atoms with Gasteiger partial charge in [0.15, 0.2) is 0 Å². The lowest BCUT2D eigenvalue weighted by molar-refractivity contribution is 0.351. The van der Waals surface area contributed by atoms with Crippen LogP contribution >= 0.6 is 54.8 Å². The van der Waals surface area contributed by atoms with Crippen LogP contribution in [0.2, 0.25) is 5.02 Å². The zero-order chi connectivity index (χ0) is 15.0. The fraction of sp³-hybridized carbons (Fsp3) is 0.286. The Morgan fingerprint density at radius 1 is 1.38 bits per heavy atom. The Bertz CT molecular complexity index is 658. The van der Waals surface area contributed by atoms with Crippen LogP contribution in [0.15, 0.2) is 26.5 Å². The molecule has 0 saturated heterocycles. The maximum Gasteiger partial charge on any atom is 0.125 e. The van der Waals surface area contributed by atoms with Gasteiger partial charge in [-0.25, -0.2) is 0 Å². The van der Waals surface area contributed by atoms with E-state index in [4.69, 9.17) is 22.2 Å². The SMILES string of the molecule is NNC(Cc1cc(Cl)cc2c1OCC2)c1cc(Br)c(Br)s1. The first-order valence-corrected chi connectivity index (χ1v) is 9.21. The van der Waals surface area contributed by atoms with Crippen LogP contribution in [-0.2, 0) is 12.8 Å². The molecule has 0 saturated carbocycles. The molecule has 1 aromatic heterocycles. The van der Waals surface area contributed by atoms with Crippen molar-refractivity contribution in [3.05, 3.63) is 47.5 Å². The predicted octanol–water partition coefficient (Wildman–Crippen LogP) is 4.61. The quantitative estimate of drug-likeness (QED) is 0.526. The van der Waals surface area contributed by atoms with Gasteiger partial charge in [0.05, 0.1) is 16.4 Å². The van der Waals surface area contributed by atoms with E-state index in [1.54, 1.807) is 11.3 Å². The molecule has 0 bridgehead atoms. The molecule has 0 aliphatic carbocycles. The van der Waals surface area contributed by atoms with Crippen molar-refractivity contribution in [1.82, 2.24) is 5.43 Å². The van der Waals surface area contributed by atoms with Gasteiger partial charge in [0.1, 0.15) is 5.75 Å². The number of nitrogens with two attached hydrogens (primary N) is 1. The maximum atomic E-state index is 6.21. The van der Waals surface area contributed by atoms with E-state index >= 15 is 0 Å². The average molecular weight is 453 g/mol. The fourth-order valence-corrected chi connectivity index (χ4v) is 4.91. The van der Waals surface area contributed by atoms with Crippen molar-refractivity contribution in [2.45, 2.75) is 18.9 Å². The summed E-state index contributed by atoms with van der Waals surface area (Å²) in [6.07, 6.45) is 1.65. The Kier molecular flexibility index (Phi) is 4.93. The lowest BCUT2D eigenvalue weighted by Gasteiger charge is -2.16. The topological polar surface area (TPSA) is 47.3 Å². The molecule has 1 aromatic carbocycles. The fourth-order valence-electron chi connectivity index (χ4n) is 2.49. The van der Waals surface area contributed by atoms with Gasteiger partial charge in [-0.3, -0.25) is 11.3 Å². The highest BCUT2D eigenvalue weighted by molar-refractivity contribution is 9.13. The molecule has 0 fully saturated rings. The highest BCUT2D eigenvalue weighted by Gasteiger charge is 2.22. The molecule has 3 rings (SSSR count). The first-order valence-electron chi connectivity index (χ1n) is 6.43. The zero-order valence-electron chi connectivity index (χ0n) is 11.0. The summed E-state index contributed by atoms with van der Waals surface area (Å²) < 4.78 is 7.85. The number of fused-ring (bicyclic) bond motifs is 1. The molecule has 1 aliphatic heterocycles. The minimum absolute atomic E-state index is 0.0179. The summed E-state index contributed by atoms with van der Waals surface area (Å²) in [5, 5.41) is 0.749. The monoisotopic (exact) mass is 450 g/mol. The molecule has 1 aliphatic rings. The average Bonchev–Trinajstić information content (AvgIpc) is 3.03. The molecule has 1 atom stereocenters. The summed E-state index contributed by atoms with van der Waals surface area (Å²) in [6, 6.07) is 6.04. The van der Waals surface area contributed by atoms with Crippen molar-refractivity contribution in [3.63, 3.8) is 0 Å². The lowest BCUT2D eigenvalue weighted by Crippen LogP contribution is -2.29. The molecule has 21 heavy (non-hydrogen) atoms. The number of halogens is 3. The Hall–Kier alpha value is -0.110. The lowest BCUT2D eigenvalue weighted by atomic mass is 10.0. The molecule has 3 nitrogen and oxygen atoms in total. The van der Waals surface area contributed by atoms with E-state index in [0.717, 1.165) is 48.9 Å². The van der Waals surface area contributed by atoms with Crippen LogP contribution in [-0.4, -0.2) is 6.61 Å². The van der Waals surface area contributed by atoms with Crippen LogP contribution in [0.4, 0.5) is 0 Å². The highest BCUT2D eigenvalue weighted by atomic mass is 79.9. The molecule has 7 heteroatoms. The number of benzene rings is 1. The molecular weight excluding hydrogens is 439 g/mol. The Morgan fingerprint density at radius 2 is 2.19 bits per heavy atom. The number of hydrogen-bond donors (Lipinski definition) is 2. The molecule has 0 spiro atoms. The summed E-state index contributed by atoms with van der Waals surface area (Å²) in [5.74, 6) is 6.71. The van der Waals surface area contributed by atoms with E-state index in [9.17, 15) is 0 Å². The second kappa shape index (κ2) is 6.56. The minimum Gasteiger partial charge on any atom is -0.493 e. The second-order valence-electron chi connectivity index (χ2n) is 4.85. The highest BCUT2D eigenvalue weighted by Crippen LogP contribution is 2.39. The van der Waals surface area contributed by atoms with Crippen molar-refractivity contribution >= 4 is 54.8 Å². The van der Waals surface area contributed by atoms with Gasteiger partial charge in [0.25, 0.3) is 0 Å². The molecular formula is C14H13Br2ClN2OS.